The van der Waals surface area contributed by atoms with Gasteiger partial charge in [0.25, 0.3) is 0 Å². The van der Waals surface area contributed by atoms with Gasteiger partial charge in [-0.05, 0) is 47.6 Å². The summed E-state index contributed by atoms with van der Waals surface area (Å²) in [4.78, 5) is 0. The van der Waals surface area contributed by atoms with Gasteiger partial charge in [-0.25, -0.2) is 0 Å². The zero-order valence-corrected chi connectivity index (χ0v) is 12.4. The van der Waals surface area contributed by atoms with Crippen LogP contribution in [0, 0.1) is 0 Å². The third kappa shape index (κ3) is 3.81. The molecule has 0 aliphatic rings. The summed E-state index contributed by atoms with van der Waals surface area (Å²) in [7, 11) is 0. The van der Waals surface area contributed by atoms with E-state index in [9.17, 15) is 0 Å². The first-order valence-corrected chi connectivity index (χ1v) is 7.36. The fourth-order valence-corrected chi connectivity index (χ4v) is 2.63. The summed E-state index contributed by atoms with van der Waals surface area (Å²) < 4.78 is 0. The maximum Gasteiger partial charge on any atom is -0.0149 e. The molecular weight excluding hydrogens is 230 g/mol. The molecule has 104 valence electrons. The fourth-order valence-electron chi connectivity index (χ4n) is 2.63. The van der Waals surface area contributed by atoms with Gasteiger partial charge in [0.2, 0.25) is 0 Å². The SMILES string of the molecule is CCCCc1ccc2ccccc2c1CCCC.N. The molecule has 1 heteroatoms. The Hall–Kier alpha value is -1.34. The molecule has 0 fully saturated rings. The van der Waals surface area contributed by atoms with Gasteiger partial charge in [0.15, 0.2) is 0 Å². The molecule has 3 N–H and O–H groups in total. The van der Waals surface area contributed by atoms with Crippen molar-refractivity contribution in [3.63, 3.8) is 0 Å². The van der Waals surface area contributed by atoms with Crippen molar-refractivity contribution in [3.05, 3.63) is 47.5 Å². The van der Waals surface area contributed by atoms with Crippen LogP contribution in [0.15, 0.2) is 36.4 Å². The molecule has 0 radical (unpaired) electrons. The number of fused-ring (bicyclic) bond motifs is 1. The minimum Gasteiger partial charge on any atom is -0.344 e. The molecule has 0 unspecified atom stereocenters. The quantitative estimate of drug-likeness (QED) is 0.709. The Morgan fingerprint density at radius 3 is 2.21 bits per heavy atom. The highest BCUT2D eigenvalue weighted by molar-refractivity contribution is 5.86. The summed E-state index contributed by atoms with van der Waals surface area (Å²) >= 11 is 0. The Labute approximate surface area is 117 Å². The lowest BCUT2D eigenvalue weighted by Gasteiger charge is -2.13. The smallest absolute Gasteiger partial charge is 0.0149 e. The van der Waals surface area contributed by atoms with E-state index < -0.39 is 0 Å². The molecular formula is C18H27N. The molecule has 0 heterocycles. The largest absolute Gasteiger partial charge is 0.344 e. The molecule has 2 rings (SSSR count). The third-order valence-corrected chi connectivity index (χ3v) is 3.72. The van der Waals surface area contributed by atoms with Crippen LogP contribution in [0.2, 0.25) is 0 Å². The molecule has 19 heavy (non-hydrogen) atoms. The van der Waals surface area contributed by atoms with Gasteiger partial charge in [-0.1, -0.05) is 63.1 Å². The van der Waals surface area contributed by atoms with E-state index in [2.05, 4.69) is 50.2 Å². The van der Waals surface area contributed by atoms with Crippen molar-refractivity contribution in [1.29, 1.82) is 0 Å². The molecule has 2 aromatic carbocycles. The molecule has 0 atom stereocenters. The summed E-state index contributed by atoms with van der Waals surface area (Å²) in [5.74, 6) is 0. The molecule has 2 aromatic rings. The number of unbranched alkanes of at least 4 members (excludes halogenated alkanes) is 2. The highest BCUT2D eigenvalue weighted by atomic mass is 14.1. The Morgan fingerprint density at radius 2 is 1.47 bits per heavy atom. The van der Waals surface area contributed by atoms with Crippen molar-refractivity contribution in [1.82, 2.24) is 6.15 Å². The maximum absolute atomic E-state index is 2.35. The van der Waals surface area contributed by atoms with Gasteiger partial charge >= 0.3 is 0 Å². The monoisotopic (exact) mass is 257 g/mol. The van der Waals surface area contributed by atoms with E-state index in [-0.39, 0.29) is 6.15 Å². The molecule has 0 bridgehead atoms. The highest BCUT2D eigenvalue weighted by Gasteiger charge is 2.06. The molecule has 0 spiro atoms. The van der Waals surface area contributed by atoms with Crippen LogP contribution in [0.5, 0.6) is 0 Å². The van der Waals surface area contributed by atoms with Crippen LogP contribution in [0.3, 0.4) is 0 Å². The van der Waals surface area contributed by atoms with E-state index in [0.717, 1.165) is 0 Å². The first-order chi connectivity index (χ1) is 8.86. The molecule has 0 aliphatic carbocycles. The van der Waals surface area contributed by atoms with Gasteiger partial charge in [-0.3, -0.25) is 0 Å². The average Bonchev–Trinajstić information content (AvgIpc) is 2.43. The zero-order chi connectivity index (χ0) is 12.8. The second kappa shape index (κ2) is 7.96. The predicted octanol–water partition coefficient (Wildman–Crippen LogP) is 5.69. The number of rotatable bonds is 6. The minimum absolute atomic E-state index is 0. The van der Waals surface area contributed by atoms with Gasteiger partial charge < -0.3 is 6.15 Å². The van der Waals surface area contributed by atoms with E-state index >= 15 is 0 Å². The molecule has 0 aliphatic heterocycles. The summed E-state index contributed by atoms with van der Waals surface area (Å²) in [6.45, 7) is 4.55. The topological polar surface area (TPSA) is 35.0 Å². The lowest BCUT2D eigenvalue weighted by molar-refractivity contribution is 0.762. The molecule has 0 saturated carbocycles. The van der Waals surface area contributed by atoms with Gasteiger partial charge in [0, 0.05) is 0 Å². The van der Waals surface area contributed by atoms with Crippen LogP contribution in [-0.2, 0) is 12.8 Å². The van der Waals surface area contributed by atoms with E-state index in [4.69, 9.17) is 0 Å². The van der Waals surface area contributed by atoms with Gasteiger partial charge in [0.05, 0.1) is 0 Å². The van der Waals surface area contributed by atoms with E-state index in [0.29, 0.717) is 0 Å². The normalized spacial score (nSPS) is 10.4. The standard InChI is InChI=1S/C18H24.H3N/c1-3-5-9-15-13-14-16-10-7-8-12-18(16)17(15)11-6-4-2;/h7-8,10,12-14H,3-6,9,11H2,1-2H3;1H3. The zero-order valence-electron chi connectivity index (χ0n) is 12.4. The Bertz CT molecular complexity index is 502. The van der Waals surface area contributed by atoms with Crippen molar-refractivity contribution in [2.75, 3.05) is 0 Å². The van der Waals surface area contributed by atoms with Gasteiger partial charge in [-0.15, -0.1) is 0 Å². The summed E-state index contributed by atoms with van der Waals surface area (Å²) in [6.07, 6.45) is 7.62. The van der Waals surface area contributed by atoms with Gasteiger partial charge in [0.1, 0.15) is 0 Å². The molecule has 1 nitrogen and oxygen atoms in total. The first kappa shape index (κ1) is 15.7. The van der Waals surface area contributed by atoms with Crippen LogP contribution >= 0.6 is 0 Å². The van der Waals surface area contributed by atoms with Crippen molar-refractivity contribution in [2.24, 2.45) is 0 Å². The Kier molecular flexibility index (Phi) is 6.58. The van der Waals surface area contributed by atoms with Gasteiger partial charge in [-0.2, -0.15) is 0 Å². The van der Waals surface area contributed by atoms with E-state index in [1.165, 1.54) is 49.3 Å². The minimum atomic E-state index is 0. The number of hydrogen-bond donors (Lipinski definition) is 1. The van der Waals surface area contributed by atoms with Crippen molar-refractivity contribution in [3.8, 4) is 0 Å². The molecule has 0 aromatic heterocycles. The predicted molar refractivity (Wildman–Crippen MR) is 86.2 cm³/mol. The highest BCUT2D eigenvalue weighted by Crippen LogP contribution is 2.25. The van der Waals surface area contributed by atoms with Crippen LogP contribution in [-0.4, -0.2) is 0 Å². The lowest BCUT2D eigenvalue weighted by atomic mass is 9.92. The fraction of sp³-hybridized carbons (Fsp3) is 0.444. The van der Waals surface area contributed by atoms with Crippen LogP contribution < -0.4 is 6.15 Å². The van der Waals surface area contributed by atoms with E-state index in [1.807, 2.05) is 0 Å². The average molecular weight is 257 g/mol. The third-order valence-electron chi connectivity index (χ3n) is 3.72. The van der Waals surface area contributed by atoms with Crippen molar-refractivity contribution < 1.29 is 0 Å². The second-order valence-electron chi connectivity index (χ2n) is 5.13. The maximum atomic E-state index is 2.35. The number of benzene rings is 2. The van der Waals surface area contributed by atoms with Crippen LogP contribution in [0.25, 0.3) is 10.8 Å². The molecule has 0 saturated heterocycles. The second-order valence-corrected chi connectivity index (χ2v) is 5.13. The Balaban J connectivity index is 0.00000180. The van der Waals surface area contributed by atoms with Crippen LogP contribution in [0.1, 0.15) is 50.7 Å². The molecule has 0 amide bonds. The number of hydrogen-bond acceptors (Lipinski definition) is 1. The van der Waals surface area contributed by atoms with Crippen molar-refractivity contribution >= 4 is 10.8 Å². The lowest BCUT2D eigenvalue weighted by Crippen LogP contribution is -1.96. The number of aryl methyl sites for hydroxylation is 2. The summed E-state index contributed by atoms with van der Waals surface area (Å²) in [5.41, 5.74) is 3.17. The summed E-state index contributed by atoms with van der Waals surface area (Å²) in [6, 6.07) is 13.5. The Morgan fingerprint density at radius 1 is 0.789 bits per heavy atom. The van der Waals surface area contributed by atoms with Crippen molar-refractivity contribution in [2.45, 2.75) is 52.4 Å². The summed E-state index contributed by atoms with van der Waals surface area (Å²) in [5, 5.41) is 2.86. The van der Waals surface area contributed by atoms with E-state index in [1.54, 1.807) is 11.1 Å². The first-order valence-electron chi connectivity index (χ1n) is 7.36. The van der Waals surface area contributed by atoms with Crippen LogP contribution in [0.4, 0.5) is 0 Å².